The van der Waals surface area contributed by atoms with Crippen LogP contribution >= 0.6 is 23.2 Å². The highest BCUT2D eigenvalue weighted by Gasteiger charge is 2.20. The zero-order valence-corrected chi connectivity index (χ0v) is 13.4. The maximum Gasteiger partial charge on any atom is 0.357 e. The molecule has 1 amide bonds. The SMILES string of the molecule is C[C@H](OC(=O)c1cc(Cl)ccn1)C(=O)Nc1ccc(F)c(Cl)c1. The molecule has 2 rings (SSSR count). The molecular formula is C15H11Cl2FN2O3. The molecule has 0 radical (unpaired) electrons. The van der Waals surface area contributed by atoms with Crippen LogP contribution < -0.4 is 5.32 Å². The Bertz CT molecular complexity index is 755. The van der Waals surface area contributed by atoms with Crippen LogP contribution in [0.3, 0.4) is 0 Å². The molecule has 0 fully saturated rings. The third kappa shape index (κ3) is 4.64. The van der Waals surface area contributed by atoms with Gasteiger partial charge in [0.1, 0.15) is 11.5 Å². The maximum absolute atomic E-state index is 13.1. The summed E-state index contributed by atoms with van der Waals surface area (Å²) in [7, 11) is 0. The third-order valence-corrected chi connectivity index (χ3v) is 3.30. The van der Waals surface area contributed by atoms with E-state index in [1.807, 2.05) is 0 Å². The van der Waals surface area contributed by atoms with E-state index in [0.29, 0.717) is 5.02 Å². The van der Waals surface area contributed by atoms with Gasteiger partial charge in [0.25, 0.3) is 5.91 Å². The Kier molecular flexibility index (Phi) is 5.52. The second-order valence-corrected chi connectivity index (χ2v) is 5.37. The van der Waals surface area contributed by atoms with Gasteiger partial charge in [-0.3, -0.25) is 4.79 Å². The van der Waals surface area contributed by atoms with Crippen molar-refractivity contribution in [2.75, 3.05) is 5.32 Å². The van der Waals surface area contributed by atoms with Crippen molar-refractivity contribution in [3.8, 4) is 0 Å². The molecule has 0 spiro atoms. The van der Waals surface area contributed by atoms with Gasteiger partial charge < -0.3 is 10.1 Å². The predicted octanol–water partition coefficient (Wildman–Crippen LogP) is 3.71. The summed E-state index contributed by atoms with van der Waals surface area (Å²) >= 11 is 11.4. The number of pyridine rings is 1. The molecule has 0 bridgehead atoms. The molecule has 0 saturated carbocycles. The Hall–Kier alpha value is -2.18. The highest BCUT2D eigenvalue weighted by Crippen LogP contribution is 2.19. The minimum Gasteiger partial charge on any atom is -0.448 e. The summed E-state index contributed by atoms with van der Waals surface area (Å²) in [6.07, 6.45) is 0.261. The van der Waals surface area contributed by atoms with E-state index in [1.165, 1.54) is 37.4 Å². The smallest absolute Gasteiger partial charge is 0.357 e. The first-order chi connectivity index (χ1) is 10.9. The van der Waals surface area contributed by atoms with Gasteiger partial charge in [0.05, 0.1) is 5.02 Å². The van der Waals surface area contributed by atoms with Gasteiger partial charge in [-0.25, -0.2) is 14.2 Å². The molecule has 5 nitrogen and oxygen atoms in total. The first-order valence-electron chi connectivity index (χ1n) is 6.45. The summed E-state index contributed by atoms with van der Waals surface area (Å²) in [6, 6.07) is 6.54. The third-order valence-electron chi connectivity index (χ3n) is 2.77. The molecule has 0 aliphatic rings. The second kappa shape index (κ2) is 7.39. The number of halogens is 3. The number of hydrogen-bond donors (Lipinski definition) is 1. The van der Waals surface area contributed by atoms with Crippen LogP contribution in [0.25, 0.3) is 0 Å². The first-order valence-corrected chi connectivity index (χ1v) is 7.21. The van der Waals surface area contributed by atoms with Crippen molar-refractivity contribution < 1.29 is 18.7 Å². The van der Waals surface area contributed by atoms with Crippen LogP contribution in [0.1, 0.15) is 17.4 Å². The molecule has 2 aromatic rings. The lowest BCUT2D eigenvalue weighted by atomic mass is 10.3. The lowest BCUT2D eigenvalue weighted by molar-refractivity contribution is -0.123. The van der Waals surface area contributed by atoms with Crippen LogP contribution in [-0.4, -0.2) is 23.0 Å². The van der Waals surface area contributed by atoms with Gasteiger partial charge >= 0.3 is 5.97 Å². The van der Waals surface area contributed by atoms with E-state index in [9.17, 15) is 14.0 Å². The van der Waals surface area contributed by atoms with Crippen molar-refractivity contribution >= 4 is 40.8 Å². The molecule has 1 heterocycles. The first kappa shape index (κ1) is 17.2. The second-order valence-electron chi connectivity index (χ2n) is 4.52. The van der Waals surface area contributed by atoms with Gasteiger partial charge in [-0.2, -0.15) is 0 Å². The van der Waals surface area contributed by atoms with E-state index in [0.717, 1.165) is 6.07 Å². The largest absolute Gasteiger partial charge is 0.448 e. The summed E-state index contributed by atoms with van der Waals surface area (Å²) < 4.78 is 18.1. The van der Waals surface area contributed by atoms with Gasteiger partial charge in [-0.1, -0.05) is 23.2 Å². The van der Waals surface area contributed by atoms with Gasteiger partial charge in [0.2, 0.25) is 0 Å². The quantitative estimate of drug-likeness (QED) is 0.847. The van der Waals surface area contributed by atoms with E-state index >= 15 is 0 Å². The molecule has 0 aliphatic carbocycles. The van der Waals surface area contributed by atoms with Crippen LogP contribution in [0.4, 0.5) is 10.1 Å². The number of ether oxygens (including phenoxy) is 1. The fourth-order valence-corrected chi connectivity index (χ4v) is 1.95. The minimum absolute atomic E-state index is 0.0121. The van der Waals surface area contributed by atoms with Crippen LogP contribution in [0.2, 0.25) is 10.0 Å². The Morgan fingerprint density at radius 2 is 2.00 bits per heavy atom. The van der Waals surface area contributed by atoms with Crippen molar-refractivity contribution in [2.45, 2.75) is 13.0 Å². The standard InChI is InChI=1S/C15H11Cl2FN2O3/c1-8(23-15(22)13-6-9(16)4-5-19-13)14(21)20-10-2-3-12(18)11(17)7-10/h2-8H,1H3,(H,20,21)/t8-/m0/s1. The summed E-state index contributed by atoms with van der Waals surface area (Å²) in [5, 5.41) is 2.66. The zero-order chi connectivity index (χ0) is 17.0. The number of anilines is 1. The van der Waals surface area contributed by atoms with Crippen LogP contribution in [0.15, 0.2) is 36.5 Å². The molecule has 1 aromatic carbocycles. The Balaban J connectivity index is 1.99. The van der Waals surface area contributed by atoms with Crippen molar-refractivity contribution in [1.82, 2.24) is 4.98 Å². The molecule has 1 atom stereocenters. The molecular weight excluding hydrogens is 346 g/mol. The zero-order valence-electron chi connectivity index (χ0n) is 11.8. The minimum atomic E-state index is -1.09. The molecule has 120 valence electrons. The topological polar surface area (TPSA) is 68.3 Å². The Morgan fingerprint density at radius 3 is 2.65 bits per heavy atom. The van der Waals surface area contributed by atoms with Crippen molar-refractivity contribution in [3.63, 3.8) is 0 Å². The molecule has 8 heteroatoms. The number of esters is 1. The average molecular weight is 357 g/mol. The Labute approximate surface area is 141 Å². The highest BCUT2D eigenvalue weighted by molar-refractivity contribution is 6.31. The van der Waals surface area contributed by atoms with E-state index in [2.05, 4.69) is 10.3 Å². The summed E-state index contributed by atoms with van der Waals surface area (Å²) in [5.41, 5.74) is 0.271. The molecule has 0 saturated heterocycles. The van der Waals surface area contributed by atoms with Crippen molar-refractivity contribution in [3.05, 3.63) is 58.1 Å². The highest BCUT2D eigenvalue weighted by atomic mass is 35.5. The normalized spacial score (nSPS) is 11.7. The number of amides is 1. The number of nitrogens with zero attached hydrogens (tertiary/aromatic N) is 1. The lowest BCUT2D eigenvalue weighted by Crippen LogP contribution is -2.30. The van der Waals surface area contributed by atoms with Gasteiger partial charge in [0.15, 0.2) is 6.10 Å². The number of rotatable bonds is 4. The Morgan fingerprint density at radius 1 is 1.26 bits per heavy atom. The summed E-state index contributed by atoms with van der Waals surface area (Å²) in [6.45, 7) is 1.39. The van der Waals surface area contributed by atoms with Crippen molar-refractivity contribution in [2.24, 2.45) is 0 Å². The fourth-order valence-electron chi connectivity index (χ4n) is 1.61. The van der Waals surface area contributed by atoms with Crippen LogP contribution in [0.5, 0.6) is 0 Å². The molecule has 1 aromatic heterocycles. The lowest BCUT2D eigenvalue weighted by Gasteiger charge is -2.13. The monoisotopic (exact) mass is 356 g/mol. The number of carbonyl (C=O) groups is 2. The average Bonchev–Trinajstić information content (AvgIpc) is 2.50. The summed E-state index contributed by atoms with van der Waals surface area (Å²) in [5.74, 6) is -1.98. The van der Waals surface area contributed by atoms with Gasteiger partial charge in [-0.05, 0) is 37.3 Å². The predicted molar refractivity (Wildman–Crippen MR) is 84.2 cm³/mol. The van der Waals surface area contributed by atoms with Crippen molar-refractivity contribution in [1.29, 1.82) is 0 Å². The number of carbonyl (C=O) groups excluding carboxylic acids is 2. The van der Waals surface area contributed by atoms with E-state index in [4.69, 9.17) is 27.9 Å². The molecule has 0 aliphatic heterocycles. The number of hydrogen-bond acceptors (Lipinski definition) is 4. The number of aromatic nitrogens is 1. The van der Waals surface area contributed by atoms with Gasteiger partial charge in [0, 0.05) is 16.9 Å². The summed E-state index contributed by atoms with van der Waals surface area (Å²) in [4.78, 5) is 27.6. The molecule has 23 heavy (non-hydrogen) atoms. The maximum atomic E-state index is 13.1. The number of nitrogens with one attached hydrogen (secondary N) is 1. The van der Waals surface area contributed by atoms with E-state index in [1.54, 1.807) is 0 Å². The fraction of sp³-hybridized carbons (Fsp3) is 0.133. The molecule has 0 unspecified atom stereocenters. The van der Waals surface area contributed by atoms with E-state index < -0.39 is 23.8 Å². The van der Waals surface area contributed by atoms with Crippen LogP contribution in [0, 0.1) is 5.82 Å². The van der Waals surface area contributed by atoms with Gasteiger partial charge in [-0.15, -0.1) is 0 Å². The van der Waals surface area contributed by atoms with Crippen LogP contribution in [-0.2, 0) is 9.53 Å². The number of benzene rings is 1. The van der Waals surface area contributed by atoms with E-state index in [-0.39, 0.29) is 16.4 Å². The molecule has 1 N–H and O–H groups in total.